The zero-order valence-corrected chi connectivity index (χ0v) is 11.7. The van der Waals surface area contributed by atoms with Gasteiger partial charge >= 0.3 is 0 Å². The molecule has 1 aromatic carbocycles. The van der Waals surface area contributed by atoms with Crippen LogP contribution in [-0.2, 0) is 4.79 Å². The highest BCUT2D eigenvalue weighted by Gasteiger charge is 2.19. The highest BCUT2D eigenvalue weighted by Crippen LogP contribution is 2.33. The van der Waals surface area contributed by atoms with E-state index in [1.165, 1.54) is 11.8 Å². The van der Waals surface area contributed by atoms with Crippen LogP contribution in [0.4, 0.5) is 0 Å². The van der Waals surface area contributed by atoms with Crippen LogP contribution in [0.5, 0.6) is 0 Å². The Morgan fingerprint density at radius 3 is 3.00 bits per heavy atom. The quantitative estimate of drug-likeness (QED) is 0.382. The fourth-order valence-corrected chi connectivity index (χ4v) is 4.05. The SMILES string of the molecule is CCCC(Sc1nc2ccccc2s1)C(=O)NN. The highest BCUT2D eigenvalue weighted by atomic mass is 32.2. The van der Waals surface area contributed by atoms with E-state index in [-0.39, 0.29) is 11.2 Å². The van der Waals surface area contributed by atoms with E-state index in [0.717, 1.165) is 27.4 Å². The molecule has 1 amide bonds. The third-order valence-corrected chi connectivity index (χ3v) is 4.90. The zero-order valence-electron chi connectivity index (χ0n) is 10.1. The number of amides is 1. The minimum Gasteiger partial charge on any atom is -0.293 e. The maximum absolute atomic E-state index is 11.6. The van der Waals surface area contributed by atoms with Crippen LogP contribution in [0, 0.1) is 0 Å². The molecular weight excluding hydrogens is 266 g/mol. The Kier molecular flexibility index (Phi) is 4.57. The van der Waals surface area contributed by atoms with Crippen LogP contribution >= 0.6 is 23.1 Å². The molecule has 4 nitrogen and oxygen atoms in total. The maximum Gasteiger partial charge on any atom is 0.247 e. The van der Waals surface area contributed by atoms with E-state index in [1.807, 2.05) is 24.3 Å². The minimum atomic E-state index is -0.166. The standard InChI is InChI=1S/C12H15N3OS2/c1-2-5-10(11(16)15-13)18-12-14-8-6-3-4-7-9(8)17-12/h3-4,6-7,10H,2,5,13H2,1H3,(H,15,16). The predicted molar refractivity (Wildman–Crippen MR) is 76.5 cm³/mol. The second kappa shape index (κ2) is 6.17. The average Bonchev–Trinajstić information content (AvgIpc) is 2.79. The predicted octanol–water partition coefficient (Wildman–Crippen LogP) is 2.55. The molecule has 0 aliphatic carbocycles. The topological polar surface area (TPSA) is 68.0 Å². The lowest BCUT2D eigenvalue weighted by atomic mass is 10.2. The van der Waals surface area contributed by atoms with E-state index in [9.17, 15) is 4.79 Å². The molecule has 0 saturated heterocycles. The van der Waals surface area contributed by atoms with E-state index in [0.29, 0.717) is 0 Å². The van der Waals surface area contributed by atoms with Gasteiger partial charge in [-0.3, -0.25) is 10.2 Å². The number of para-hydroxylation sites is 1. The molecule has 0 bridgehead atoms. The fraction of sp³-hybridized carbons (Fsp3) is 0.333. The zero-order chi connectivity index (χ0) is 13.0. The first-order chi connectivity index (χ1) is 8.74. The number of nitrogens with zero attached hydrogens (tertiary/aromatic N) is 1. The highest BCUT2D eigenvalue weighted by molar-refractivity contribution is 8.02. The largest absolute Gasteiger partial charge is 0.293 e. The molecule has 18 heavy (non-hydrogen) atoms. The summed E-state index contributed by atoms with van der Waals surface area (Å²) in [5, 5.41) is -0.166. The normalized spacial score (nSPS) is 12.6. The van der Waals surface area contributed by atoms with Crippen molar-refractivity contribution >= 4 is 39.2 Å². The Bertz CT molecular complexity index is 508. The maximum atomic E-state index is 11.6. The molecule has 0 aliphatic rings. The second-order valence-corrected chi connectivity index (χ2v) is 6.33. The van der Waals surface area contributed by atoms with Crippen molar-refractivity contribution in [3.8, 4) is 0 Å². The molecule has 0 spiro atoms. The van der Waals surface area contributed by atoms with Gasteiger partial charge in [-0.15, -0.1) is 11.3 Å². The number of thioether (sulfide) groups is 1. The molecule has 6 heteroatoms. The first-order valence-corrected chi connectivity index (χ1v) is 7.47. The number of aromatic nitrogens is 1. The third kappa shape index (κ3) is 3.01. The number of hydrogen-bond acceptors (Lipinski definition) is 5. The van der Waals surface area contributed by atoms with Crippen molar-refractivity contribution in [1.29, 1.82) is 0 Å². The smallest absolute Gasteiger partial charge is 0.247 e. The summed E-state index contributed by atoms with van der Waals surface area (Å²) in [5.41, 5.74) is 3.20. The summed E-state index contributed by atoms with van der Waals surface area (Å²) in [5.74, 6) is 5.06. The summed E-state index contributed by atoms with van der Waals surface area (Å²) in [7, 11) is 0. The number of hydrogen-bond donors (Lipinski definition) is 2. The van der Waals surface area contributed by atoms with Gasteiger partial charge in [-0.05, 0) is 18.6 Å². The minimum absolute atomic E-state index is 0.138. The summed E-state index contributed by atoms with van der Waals surface area (Å²) < 4.78 is 2.06. The van der Waals surface area contributed by atoms with Gasteiger partial charge in [-0.25, -0.2) is 10.8 Å². The molecule has 3 N–H and O–H groups in total. The number of carbonyl (C=O) groups excluding carboxylic acids is 1. The Hall–Kier alpha value is -1.11. The van der Waals surface area contributed by atoms with Crippen LogP contribution < -0.4 is 11.3 Å². The number of benzene rings is 1. The summed E-state index contributed by atoms with van der Waals surface area (Å²) in [6.07, 6.45) is 1.74. The second-order valence-electron chi connectivity index (χ2n) is 3.85. The molecule has 0 radical (unpaired) electrons. The van der Waals surface area contributed by atoms with Gasteiger partial charge in [0.1, 0.15) is 0 Å². The van der Waals surface area contributed by atoms with E-state index in [4.69, 9.17) is 5.84 Å². The summed E-state index contributed by atoms with van der Waals surface area (Å²) in [4.78, 5) is 16.2. The van der Waals surface area contributed by atoms with Crippen molar-refractivity contribution in [3.05, 3.63) is 24.3 Å². The lowest BCUT2D eigenvalue weighted by Gasteiger charge is -2.11. The third-order valence-electron chi connectivity index (χ3n) is 2.50. The lowest BCUT2D eigenvalue weighted by Crippen LogP contribution is -2.37. The number of rotatable bonds is 5. The number of fused-ring (bicyclic) bond motifs is 1. The summed E-state index contributed by atoms with van der Waals surface area (Å²) in [6.45, 7) is 2.05. The monoisotopic (exact) mass is 281 g/mol. The van der Waals surface area contributed by atoms with Crippen molar-refractivity contribution in [2.24, 2.45) is 5.84 Å². The Labute approximate surface area is 114 Å². The van der Waals surface area contributed by atoms with Crippen molar-refractivity contribution in [1.82, 2.24) is 10.4 Å². The van der Waals surface area contributed by atoms with Crippen molar-refractivity contribution in [2.75, 3.05) is 0 Å². The van der Waals surface area contributed by atoms with E-state index in [1.54, 1.807) is 11.3 Å². The molecule has 0 fully saturated rings. The Morgan fingerprint density at radius 2 is 2.33 bits per heavy atom. The van der Waals surface area contributed by atoms with Gasteiger partial charge in [-0.1, -0.05) is 37.2 Å². The summed E-state index contributed by atoms with van der Waals surface area (Å²) in [6, 6.07) is 7.97. The molecule has 1 atom stereocenters. The van der Waals surface area contributed by atoms with Crippen molar-refractivity contribution in [2.45, 2.75) is 29.4 Å². The lowest BCUT2D eigenvalue weighted by molar-refractivity contribution is -0.120. The van der Waals surface area contributed by atoms with Crippen LogP contribution in [-0.4, -0.2) is 16.1 Å². The average molecular weight is 281 g/mol. The fourth-order valence-electron chi connectivity index (χ4n) is 1.62. The number of thiazole rings is 1. The molecule has 0 saturated carbocycles. The van der Waals surface area contributed by atoms with Gasteiger partial charge in [-0.2, -0.15) is 0 Å². The van der Waals surface area contributed by atoms with E-state index in [2.05, 4.69) is 17.3 Å². The number of carbonyl (C=O) groups is 1. The van der Waals surface area contributed by atoms with Crippen LogP contribution in [0.1, 0.15) is 19.8 Å². The van der Waals surface area contributed by atoms with Crippen molar-refractivity contribution in [3.63, 3.8) is 0 Å². The number of nitrogens with two attached hydrogens (primary N) is 1. The van der Waals surface area contributed by atoms with Gasteiger partial charge in [0, 0.05) is 0 Å². The molecule has 96 valence electrons. The van der Waals surface area contributed by atoms with E-state index >= 15 is 0 Å². The number of hydrazine groups is 1. The molecule has 1 heterocycles. The summed E-state index contributed by atoms with van der Waals surface area (Å²) >= 11 is 3.10. The Morgan fingerprint density at radius 1 is 1.56 bits per heavy atom. The first-order valence-electron chi connectivity index (χ1n) is 5.77. The van der Waals surface area contributed by atoms with Crippen LogP contribution in [0.25, 0.3) is 10.2 Å². The number of nitrogens with one attached hydrogen (secondary N) is 1. The van der Waals surface area contributed by atoms with Gasteiger partial charge in [0.25, 0.3) is 0 Å². The van der Waals surface area contributed by atoms with Gasteiger partial charge in [0.2, 0.25) is 5.91 Å². The first kappa shape index (κ1) is 13.3. The van der Waals surface area contributed by atoms with Crippen LogP contribution in [0.3, 0.4) is 0 Å². The molecule has 1 unspecified atom stereocenters. The molecular formula is C12H15N3OS2. The molecule has 2 aromatic rings. The van der Waals surface area contributed by atoms with Gasteiger partial charge in [0.05, 0.1) is 15.5 Å². The van der Waals surface area contributed by atoms with Crippen LogP contribution in [0.15, 0.2) is 28.6 Å². The van der Waals surface area contributed by atoms with Gasteiger partial charge < -0.3 is 0 Å². The van der Waals surface area contributed by atoms with E-state index < -0.39 is 0 Å². The molecule has 0 aliphatic heterocycles. The molecule has 1 aromatic heterocycles. The van der Waals surface area contributed by atoms with Crippen molar-refractivity contribution < 1.29 is 4.79 Å². The van der Waals surface area contributed by atoms with Gasteiger partial charge in [0.15, 0.2) is 4.34 Å². The van der Waals surface area contributed by atoms with Crippen LogP contribution in [0.2, 0.25) is 0 Å². The Balaban J connectivity index is 2.17. The molecule has 2 rings (SSSR count).